The quantitative estimate of drug-likeness (QED) is 0.409. The first-order valence-corrected chi connectivity index (χ1v) is 7.54. The highest BCUT2D eigenvalue weighted by molar-refractivity contribution is 9.10. The van der Waals surface area contributed by atoms with E-state index in [2.05, 4.69) is 35.1 Å². The average molecular weight is 329 g/mol. The van der Waals surface area contributed by atoms with Gasteiger partial charge in [-0.2, -0.15) is 0 Å². The second-order valence-electron chi connectivity index (χ2n) is 4.82. The zero-order valence-electron chi connectivity index (χ0n) is 11.5. The van der Waals surface area contributed by atoms with Gasteiger partial charge in [-0.1, -0.05) is 32.6 Å². The number of hydrogen-bond acceptors (Lipinski definition) is 3. The zero-order chi connectivity index (χ0) is 14.3. The van der Waals surface area contributed by atoms with Gasteiger partial charge < -0.3 is 5.32 Å². The third-order valence-corrected chi connectivity index (χ3v) is 3.68. The molecule has 0 aliphatic carbocycles. The van der Waals surface area contributed by atoms with Crippen LogP contribution in [0.25, 0.3) is 0 Å². The minimum absolute atomic E-state index is 0.0983. The highest BCUT2D eigenvalue weighted by Gasteiger charge is 2.12. The second kappa shape index (κ2) is 8.15. The van der Waals surface area contributed by atoms with Gasteiger partial charge in [0.25, 0.3) is 5.69 Å². The molecule has 0 fully saturated rings. The molecule has 106 valence electrons. The van der Waals surface area contributed by atoms with Crippen molar-refractivity contribution < 1.29 is 4.92 Å². The summed E-state index contributed by atoms with van der Waals surface area (Å²) in [6.45, 7) is 4.34. The SMILES string of the molecule is CCCCCCC(C)Nc1ccc([N+](=O)[O-])c(Br)c1. The molecule has 0 aliphatic heterocycles. The summed E-state index contributed by atoms with van der Waals surface area (Å²) in [6.07, 6.45) is 6.14. The number of hydrogen-bond donors (Lipinski definition) is 1. The maximum Gasteiger partial charge on any atom is 0.283 e. The van der Waals surface area contributed by atoms with Gasteiger partial charge >= 0.3 is 0 Å². The van der Waals surface area contributed by atoms with Crippen molar-refractivity contribution in [2.75, 3.05) is 5.32 Å². The van der Waals surface area contributed by atoms with Gasteiger partial charge in [0, 0.05) is 17.8 Å². The van der Waals surface area contributed by atoms with Crippen LogP contribution < -0.4 is 5.32 Å². The lowest BCUT2D eigenvalue weighted by atomic mass is 10.1. The van der Waals surface area contributed by atoms with Crippen LogP contribution in [0.15, 0.2) is 22.7 Å². The average Bonchev–Trinajstić information content (AvgIpc) is 2.34. The van der Waals surface area contributed by atoms with Crippen LogP contribution in [0.4, 0.5) is 11.4 Å². The molecule has 0 heterocycles. The summed E-state index contributed by atoms with van der Waals surface area (Å²) in [5, 5.41) is 14.1. The topological polar surface area (TPSA) is 55.2 Å². The van der Waals surface area contributed by atoms with Gasteiger partial charge in [-0.25, -0.2) is 0 Å². The third-order valence-electron chi connectivity index (χ3n) is 3.05. The number of nitro benzene ring substituents is 1. The van der Waals surface area contributed by atoms with E-state index in [1.165, 1.54) is 31.7 Å². The van der Waals surface area contributed by atoms with Gasteiger partial charge in [-0.15, -0.1) is 0 Å². The lowest BCUT2D eigenvalue weighted by Gasteiger charge is -2.15. The molecule has 1 unspecified atom stereocenters. The standard InChI is InChI=1S/C14H21BrN2O2/c1-3-4-5-6-7-11(2)16-12-8-9-14(17(18)19)13(15)10-12/h8-11,16H,3-7H2,1-2H3. The molecule has 1 aromatic rings. The van der Waals surface area contributed by atoms with Crippen molar-refractivity contribution in [1.82, 2.24) is 0 Å². The van der Waals surface area contributed by atoms with Gasteiger partial charge in [0.15, 0.2) is 0 Å². The lowest BCUT2D eigenvalue weighted by Crippen LogP contribution is -2.14. The van der Waals surface area contributed by atoms with E-state index in [0.717, 1.165) is 12.1 Å². The van der Waals surface area contributed by atoms with Crippen LogP contribution in [0, 0.1) is 10.1 Å². The Hall–Kier alpha value is -1.10. The molecule has 19 heavy (non-hydrogen) atoms. The van der Waals surface area contributed by atoms with Gasteiger partial charge in [0.05, 0.1) is 9.40 Å². The highest BCUT2D eigenvalue weighted by atomic mass is 79.9. The van der Waals surface area contributed by atoms with Crippen molar-refractivity contribution in [1.29, 1.82) is 0 Å². The number of rotatable bonds is 8. The zero-order valence-corrected chi connectivity index (χ0v) is 13.1. The molecule has 1 N–H and O–H groups in total. The number of nitrogens with zero attached hydrogens (tertiary/aromatic N) is 1. The van der Waals surface area contributed by atoms with Crippen molar-refractivity contribution in [2.45, 2.75) is 52.0 Å². The number of halogens is 1. The van der Waals surface area contributed by atoms with E-state index in [9.17, 15) is 10.1 Å². The molecule has 0 bridgehead atoms. The number of nitrogens with one attached hydrogen (secondary N) is 1. The Morgan fingerprint density at radius 3 is 2.68 bits per heavy atom. The lowest BCUT2D eigenvalue weighted by molar-refractivity contribution is -0.385. The van der Waals surface area contributed by atoms with Crippen LogP contribution in [0.5, 0.6) is 0 Å². The Bertz CT molecular complexity index is 424. The Morgan fingerprint density at radius 1 is 1.37 bits per heavy atom. The van der Waals surface area contributed by atoms with E-state index in [4.69, 9.17) is 0 Å². The van der Waals surface area contributed by atoms with Crippen molar-refractivity contribution in [2.24, 2.45) is 0 Å². The van der Waals surface area contributed by atoms with E-state index >= 15 is 0 Å². The molecule has 1 aromatic carbocycles. The Labute approximate surface area is 122 Å². The minimum atomic E-state index is -0.387. The molecule has 0 spiro atoms. The molecule has 0 saturated carbocycles. The Kier molecular flexibility index (Phi) is 6.84. The van der Waals surface area contributed by atoms with Crippen molar-refractivity contribution in [3.63, 3.8) is 0 Å². The molecular weight excluding hydrogens is 308 g/mol. The Balaban J connectivity index is 2.48. The van der Waals surface area contributed by atoms with E-state index in [1.807, 2.05) is 0 Å². The maximum atomic E-state index is 10.7. The first-order chi connectivity index (χ1) is 9.04. The first kappa shape index (κ1) is 16.0. The largest absolute Gasteiger partial charge is 0.383 e. The fourth-order valence-electron chi connectivity index (χ4n) is 1.98. The highest BCUT2D eigenvalue weighted by Crippen LogP contribution is 2.28. The van der Waals surface area contributed by atoms with Crippen molar-refractivity contribution >= 4 is 27.3 Å². The molecule has 5 heteroatoms. The van der Waals surface area contributed by atoms with Crippen LogP contribution >= 0.6 is 15.9 Å². The number of anilines is 1. The Morgan fingerprint density at radius 2 is 2.11 bits per heavy atom. The predicted octanol–water partition coefficient (Wildman–Crippen LogP) is 5.13. The van der Waals surface area contributed by atoms with E-state index in [0.29, 0.717) is 10.5 Å². The van der Waals surface area contributed by atoms with Crippen LogP contribution in [0.3, 0.4) is 0 Å². The summed E-state index contributed by atoms with van der Waals surface area (Å²) in [7, 11) is 0. The van der Waals surface area contributed by atoms with Gasteiger partial charge in [-0.05, 0) is 41.4 Å². The van der Waals surface area contributed by atoms with Crippen LogP contribution in [0.2, 0.25) is 0 Å². The molecule has 0 aromatic heterocycles. The predicted molar refractivity (Wildman–Crippen MR) is 82.6 cm³/mol. The number of benzene rings is 1. The molecular formula is C14H21BrN2O2. The van der Waals surface area contributed by atoms with E-state index in [-0.39, 0.29) is 10.6 Å². The molecule has 1 atom stereocenters. The molecule has 0 amide bonds. The van der Waals surface area contributed by atoms with Gasteiger partial charge in [-0.3, -0.25) is 10.1 Å². The fraction of sp³-hybridized carbons (Fsp3) is 0.571. The van der Waals surface area contributed by atoms with Crippen LogP contribution in [-0.2, 0) is 0 Å². The van der Waals surface area contributed by atoms with E-state index < -0.39 is 0 Å². The van der Waals surface area contributed by atoms with Gasteiger partial charge in [0.2, 0.25) is 0 Å². The number of unbranched alkanes of at least 4 members (excludes halogenated alkanes) is 3. The molecule has 4 nitrogen and oxygen atoms in total. The number of nitro groups is 1. The van der Waals surface area contributed by atoms with E-state index in [1.54, 1.807) is 12.1 Å². The summed E-state index contributed by atoms with van der Waals surface area (Å²) in [6, 6.07) is 5.42. The first-order valence-electron chi connectivity index (χ1n) is 6.75. The molecule has 0 aliphatic rings. The smallest absolute Gasteiger partial charge is 0.283 e. The fourth-order valence-corrected chi connectivity index (χ4v) is 2.50. The minimum Gasteiger partial charge on any atom is -0.383 e. The second-order valence-corrected chi connectivity index (χ2v) is 5.67. The van der Waals surface area contributed by atoms with Crippen LogP contribution in [0.1, 0.15) is 46.0 Å². The van der Waals surface area contributed by atoms with Gasteiger partial charge in [0.1, 0.15) is 0 Å². The normalized spacial score (nSPS) is 12.2. The summed E-state index contributed by atoms with van der Waals surface area (Å²) < 4.78 is 0.515. The monoisotopic (exact) mass is 328 g/mol. The molecule has 1 rings (SSSR count). The summed E-state index contributed by atoms with van der Waals surface area (Å²) in [4.78, 5) is 10.3. The summed E-state index contributed by atoms with van der Waals surface area (Å²) in [5.74, 6) is 0. The summed E-state index contributed by atoms with van der Waals surface area (Å²) >= 11 is 3.23. The molecule has 0 radical (unpaired) electrons. The van der Waals surface area contributed by atoms with Crippen LogP contribution in [-0.4, -0.2) is 11.0 Å². The summed E-state index contributed by atoms with van der Waals surface area (Å²) in [5.41, 5.74) is 1.02. The van der Waals surface area contributed by atoms with Crippen molar-refractivity contribution in [3.8, 4) is 0 Å². The van der Waals surface area contributed by atoms with Crippen molar-refractivity contribution in [3.05, 3.63) is 32.8 Å². The molecule has 0 saturated heterocycles. The third kappa shape index (κ3) is 5.59. The maximum absolute atomic E-state index is 10.7.